The van der Waals surface area contributed by atoms with Gasteiger partial charge in [0, 0.05) is 41.0 Å². The minimum Gasteiger partial charge on any atom is -0.465 e. The maximum atomic E-state index is 15.2. The number of amides is 2. The Bertz CT molecular complexity index is 2320. The molecule has 72 heavy (non-hydrogen) atoms. The number of rotatable bonds is 14. The number of carbonyl (C=O) groups is 7. The van der Waals surface area contributed by atoms with Gasteiger partial charge in [-0.15, -0.1) is 5.10 Å². The summed E-state index contributed by atoms with van der Waals surface area (Å²) in [5.74, 6) is -3.62. The SMILES string of the molecule is C=C(C)[C@@H]1CC[C@]2(C(=O)NCc3cn([C@]4(C(=O)OC)C[C@H](OC(C)=O)[C@@H](NC(C)=O)[C@H]([C@H](OC(C)=O)[C@@H](COC(C)=O)OC(C)=O)O4)nn3)CC[C@]3(C)[C@H](CC[C@@H]4[C@@]5(C)CC[C@H](O)C(C)(C)[C@@H]5CC[C@]43C)[C@@H]12. The quantitative estimate of drug-likeness (QED) is 0.120. The van der Waals surface area contributed by atoms with Crippen LogP contribution in [0.1, 0.15) is 152 Å². The van der Waals surface area contributed by atoms with Crippen molar-refractivity contribution in [3.63, 3.8) is 0 Å². The second-order valence-electron chi connectivity index (χ2n) is 23.5. The van der Waals surface area contributed by atoms with E-state index in [4.69, 9.17) is 28.4 Å². The van der Waals surface area contributed by atoms with Gasteiger partial charge in [-0.25, -0.2) is 9.48 Å². The average molecular weight is 1010 g/mol. The van der Waals surface area contributed by atoms with Gasteiger partial charge in [0.05, 0.1) is 37.4 Å². The first-order chi connectivity index (χ1) is 33.6. The molecule has 6 fully saturated rings. The lowest BCUT2D eigenvalue weighted by atomic mass is 9.32. The van der Waals surface area contributed by atoms with E-state index in [1.165, 1.54) is 13.1 Å². The van der Waals surface area contributed by atoms with Crippen molar-refractivity contribution in [2.45, 2.75) is 196 Å². The number of carbonyl (C=O) groups excluding carboxylic acids is 7. The number of aliphatic hydroxyl groups excluding tert-OH is 1. The number of hydrogen-bond acceptors (Lipinski definition) is 16. The van der Waals surface area contributed by atoms with E-state index in [1.54, 1.807) is 0 Å². The van der Waals surface area contributed by atoms with Crippen LogP contribution in [0.3, 0.4) is 0 Å². The van der Waals surface area contributed by atoms with E-state index >= 15 is 4.79 Å². The van der Waals surface area contributed by atoms with Crippen LogP contribution in [-0.4, -0.2) is 112 Å². The Morgan fingerprint density at radius 1 is 0.833 bits per heavy atom. The largest absolute Gasteiger partial charge is 0.465 e. The number of aliphatic hydroxyl groups is 1. The van der Waals surface area contributed by atoms with E-state index < -0.39 is 90.4 Å². The van der Waals surface area contributed by atoms with Gasteiger partial charge in [0.2, 0.25) is 11.8 Å². The number of nitrogens with zero attached hydrogens (tertiary/aromatic N) is 3. The monoisotopic (exact) mass is 1010 g/mol. The second kappa shape index (κ2) is 20.1. The molecule has 0 spiro atoms. The molecule has 0 aromatic carbocycles. The van der Waals surface area contributed by atoms with Crippen LogP contribution in [0.5, 0.6) is 0 Å². The molecule has 7 rings (SSSR count). The van der Waals surface area contributed by atoms with Gasteiger partial charge in [-0.2, -0.15) is 0 Å². The summed E-state index contributed by atoms with van der Waals surface area (Å²) >= 11 is 0. The summed E-state index contributed by atoms with van der Waals surface area (Å²) in [7, 11) is 1.10. The van der Waals surface area contributed by atoms with Gasteiger partial charge in [-0.3, -0.25) is 28.8 Å². The molecule has 400 valence electrons. The maximum absolute atomic E-state index is 15.2. The summed E-state index contributed by atoms with van der Waals surface area (Å²) in [4.78, 5) is 92.2. The standard InChI is InChI=1S/C53H79N5O14/c1-28(2)35-16-21-52(23-22-50(11)36(42(35)52)14-15-40-49(10)19-18-41(64)48(8,9)39(49)17-20-51(40,50)12)46(65)54-25-34-26-58(57-56-34)53(47(66)67-13)24-37(69-31(5)61)43(55-29(3)59)45(72-53)44(71-33(7)63)38(70-32(6)62)27-68-30(4)60/h26,35-45,64H,1,14-25,27H2,2-13H3,(H,54,65)(H,55,59)/t35-,36+,37-,38+,39-,40+,41-,42+,43+,44+,45+,49-,50+,51+,52-,53+/m0/s1. The number of aromatic nitrogens is 3. The zero-order valence-corrected chi connectivity index (χ0v) is 44.4. The molecule has 1 saturated heterocycles. The molecule has 6 aliphatic rings. The highest BCUT2D eigenvalue weighted by Crippen LogP contribution is 2.77. The maximum Gasteiger partial charge on any atom is 0.361 e. The molecule has 1 aromatic heterocycles. The first-order valence-electron chi connectivity index (χ1n) is 25.8. The summed E-state index contributed by atoms with van der Waals surface area (Å²) in [5, 5.41) is 25.8. The van der Waals surface area contributed by atoms with Crippen molar-refractivity contribution in [3.8, 4) is 0 Å². The molecule has 0 radical (unpaired) electrons. The Balaban J connectivity index is 1.20. The molecule has 0 unspecified atom stereocenters. The lowest BCUT2D eigenvalue weighted by molar-refractivity contribution is -0.266. The Morgan fingerprint density at radius 3 is 2.14 bits per heavy atom. The van der Waals surface area contributed by atoms with Gasteiger partial charge < -0.3 is 44.2 Å². The summed E-state index contributed by atoms with van der Waals surface area (Å²) in [6.45, 7) is 23.6. The highest BCUT2D eigenvalue weighted by Gasteiger charge is 2.72. The Hall–Kier alpha value is -4.91. The van der Waals surface area contributed by atoms with Crippen LogP contribution in [0, 0.1) is 56.7 Å². The van der Waals surface area contributed by atoms with Crippen LogP contribution in [-0.2, 0) is 74.3 Å². The fourth-order valence-electron chi connectivity index (χ4n) is 16.1. The van der Waals surface area contributed by atoms with Crippen molar-refractivity contribution in [2.75, 3.05) is 13.7 Å². The van der Waals surface area contributed by atoms with E-state index in [9.17, 15) is 33.9 Å². The Morgan fingerprint density at radius 2 is 1.53 bits per heavy atom. The Labute approximate surface area is 423 Å². The van der Waals surface area contributed by atoms with E-state index in [-0.39, 0.29) is 57.7 Å². The molecular weight excluding hydrogens is 931 g/mol. The molecule has 1 aromatic rings. The van der Waals surface area contributed by atoms with E-state index in [0.29, 0.717) is 17.8 Å². The third kappa shape index (κ3) is 9.35. The third-order valence-corrected chi connectivity index (χ3v) is 19.4. The van der Waals surface area contributed by atoms with Crippen LogP contribution in [0.2, 0.25) is 0 Å². The zero-order valence-electron chi connectivity index (χ0n) is 44.4. The second-order valence-corrected chi connectivity index (χ2v) is 23.5. The number of esters is 5. The smallest absolute Gasteiger partial charge is 0.361 e. The molecule has 16 atom stereocenters. The third-order valence-electron chi connectivity index (χ3n) is 19.4. The molecule has 5 aliphatic carbocycles. The number of ether oxygens (including phenoxy) is 6. The summed E-state index contributed by atoms with van der Waals surface area (Å²) in [6.07, 6.45) is 3.56. The van der Waals surface area contributed by atoms with Gasteiger partial charge in [0.1, 0.15) is 24.5 Å². The van der Waals surface area contributed by atoms with Crippen LogP contribution >= 0.6 is 0 Å². The summed E-state index contributed by atoms with van der Waals surface area (Å²) in [5.41, 5.74) is -1.67. The lowest BCUT2D eigenvalue weighted by Gasteiger charge is -2.72. The molecule has 3 N–H and O–H groups in total. The minimum absolute atomic E-state index is 0.0185. The molecule has 19 heteroatoms. The van der Waals surface area contributed by atoms with Gasteiger partial charge in [0.25, 0.3) is 5.72 Å². The van der Waals surface area contributed by atoms with Crippen LogP contribution in [0.25, 0.3) is 0 Å². The van der Waals surface area contributed by atoms with Crippen molar-refractivity contribution in [2.24, 2.45) is 56.7 Å². The predicted octanol–water partition coefficient (Wildman–Crippen LogP) is 5.39. The number of hydrogen-bond donors (Lipinski definition) is 3. The van der Waals surface area contributed by atoms with Gasteiger partial charge in [-0.1, -0.05) is 52.0 Å². The highest BCUT2D eigenvalue weighted by molar-refractivity contribution is 5.84. The van der Waals surface area contributed by atoms with Gasteiger partial charge in [0.15, 0.2) is 12.2 Å². The molecule has 1 aliphatic heterocycles. The fraction of sp³-hybridized carbons (Fsp3) is 0.792. The summed E-state index contributed by atoms with van der Waals surface area (Å²) < 4.78 is 35.1. The van der Waals surface area contributed by atoms with Crippen LogP contribution < -0.4 is 10.6 Å². The predicted molar refractivity (Wildman–Crippen MR) is 257 cm³/mol. The van der Waals surface area contributed by atoms with Crippen molar-refractivity contribution in [1.29, 1.82) is 0 Å². The first-order valence-corrected chi connectivity index (χ1v) is 25.8. The molecular formula is C53H79N5O14. The normalized spacial score (nSPS) is 38.4. The van der Waals surface area contributed by atoms with Crippen LogP contribution in [0.4, 0.5) is 0 Å². The Kier molecular flexibility index (Phi) is 15.3. The first kappa shape index (κ1) is 54.9. The number of methoxy groups -OCH3 is 1. The lowest BCUT2D eigenvalue weighted by Crippen LogP contribution is -2.69. The number of fused-ring (bicyclic) bond motifs is 7. The summed E-state index contributed by atoms with van der Waals surface area (Å²) in [6, 6.07) is -1.37. The molecule has 5 saturated carbocycles. The van der Waals surface area contributed by atoms with Crippen molar-refractivity contribution in [3.05, 3.63) is 24.0 Å². The topological polar surface area (TPSA) is 250 Å². The van der Waals surface area contributed by atoms with Crippen molar-refractivity contribution < 1.29 is 67.1 Å². The zero-order chi connectivity index (χ0) is 53.1. The van der Waals surface area contributed by atoms with Crippen molar-refractivity contribution >= 4 is 41.7 Å². The fourth-order valence-corrected chi connectivity index (χ4v) is 16.1. The van der Waals surface area contributed by atoms with E-state index in [1.807, 2.05) is 0 Å². The average Bonchev–Trinajstić information content (AvgIpc) is 3.94. The van der Waals surface area contributed by atoms with E-state index in [2.05, 4.69) is 69.1 Å². The highest BCUT2D eigenvalue weighted by atomic mass is 16.6. The van der Waals surface area contributed by atoms with Crippen molar-refractivity contribution in [1.82, 2.24) is 25.6 Å². The molecule has 19 nitrogen and oxygen atoms in total. The molecule has 0 bridgehead atoms. The molecule has 2 amide bonds. The van der Waals surface area contributed by atoms with Gasteiger partial charge >= 0.3 is 29.8 Å². The number of allylic oxidation sites excluding steroid dienone is 1. The van der Waals surface area contributed by atoms with E-state index in [0.717, 1.165) is 109 Å². The molecule has 2 heterocycles. The minimum atomic E-state index is -2.35. The van der Waals surface area contributed by atoms with Crippen LogP contribution in [0.15, 0.2) is 18.3 Å². The van der Waals surface area contributed by atoms with Gasteiger partial charge in [-0.05, 0) is 122 Å². The number of nitrogens with one attached hydrogen (secondary N) is 2.